The molecule has 1 aliphatic carbocycles. The number of ether oxygens (including phenoxy) is 1. The Morgan fingerprint density at radius 2 is 2.14 bits per heavy atom. The summed E-state index contributed by atoms with van der Waals surface area (Å²) in [4.78, 5) is 0. The van der Waals surface area contributed by atoms with Gasteiger partial charge in [0.05, 0.1) is 12.4 Å². The predicted molar refractivity (Wildman–Crippen MR) is 80.7 cm³/mol. The largest absolute Gasteiger partial charge is 0.496 e. The highest BCUT2D eigenvalue weighted by Gasteiger charge is 2.28. The van der Waals surface area contributed by atoms with Crippen LogP contribution in [0, 0.1) is 5.82 Å². The van der Waals surface area contributed by atoms with Gasteiger partial charge in [0.2, 0.25) is 0 Å². The van der Waals surface area contributed by atoms with E-state index in [0.29, 0.717) is 18.7 Å². The zero-order valence-corrected chi connectivity index (χ0v) is 13.2. The van der Waals surface area contributed by atoms with Crippen molar-refractivity contribution in [2.45, 2.75) is 43.5 Å². The fourth-order valence-electron chi connectivity index (χ4n) is 2.86. The van der Waals surface area contributed by atoms with Crippen LogP contribution in [-0.2, 0) is 16.4 Å². The Hall–Kier alpha value is -1.14. The summed E-state index contributed by atoms with van der Waals surface area (Å²) >= 11 is 0. The molecule has 0 spiro atoms. The first-order chi connectivity index (χ1) is 9.90. The van der Waals surface area contributed by atoms with E-state index in [0.717, 1.165) is 24.8 Å². The lowest BCUT2D eigenvalue weighted by Gasteiger charge is -2.29. The average molecular weight is 315 g/mol. The van der Waals surface area contributed by atoms with Gasteiger partial charge in [-0.2, -0.15) is 0 Å². The van der Waals surface area contributed by atoms with Gasteiger partial charge in [-0.1, -0.05) is 6.42 Å². The van der Waals surface area contributed by atoms with Gasteiger partial charge in [0.15, 0.2) is 0 Å². The van der Waals surface area contributed by atoms with Crippen LogP contribution in [0.4, 0.5) is 4.39 Å². The molecule has 0 amide bonds. The van der Waals surface area contributed by atoms with Crippen molar-refractivity contribution in [2.75, 3.05) is 13.4 Å². The van der Waals surface area contributed by atoms with E-state index in [1.165, 1.54) is 18.4 Å². The van der Waals surface area contributed by atoms with E-state index in [-0.39, 0.29) is 17.1 Å². The third-order valence-electron chi connectivity index (χ3n) is 4.06. The lowest BCUT2D eigenvalue weighted by atomic mass is 9.95. The smallest absolute Gasteiger partial charge is 0.150 e. The zero-order chi connectivity index (χ0) is 15.5. The first-order valence-electron chi connectivity index (χ1n) is 7.15. The van der Waals surface area contributed by atoms with Crippen molar-refractivity contribution in [3.63, 3.8) is 0 Å². The number of rotatable bonds is 5. The molecular formula is C15H22FNO3S. The van der Waals surface area contributed by atoms with Gasteiger partial charge in [-0.3, -0.25) is 0 Å². The highest BCUT2D eigenvalue weighted by atomic mass is 32.2. The molecule has 1 aromatic rings. The number of nitrogens with one attached hydrogen (secondary N) is 1. The molecule has 1 fully saturated rings. The quantitative estimate of drug-likeness (QED) is 0.906. The molecule has 0 aliphatic heterocycles. The van der Waals surface area contributed by atoms with Crippen LogP contribution in [0.3, 0.4) is 0 Å². The minimum absolute atomic E-state index is 0.145. The van der Waals surface area contributed by atoms with Crippen LogP contribution in [0.1, 0.15) is 31.2 Å². The third kappa shape index (κ3) is 4.41. The second-order valence-electron chi connectivity index (χ2n) is 5.65. The summed E-state index contributed by atoms with van der Waals surface area (Å²) in [6.07, 6.45) is 4.51. The van der Waals surface area contributed by atoms with Crippen LogP contribution in [0.2, 0.25) is 0 Å². The topological polar surface area (TPSA) is 55.4 Å². The average Bonchev–Trinajstić information content (AvgIpc) is 2.45. The number of hydrogen-bond donors (Lipinski definition) is 1. The van der Waals surface area contributed by atoms with Gasteiger partial charge in [0.1, 0.15) is 21.4 Å². The van der Waals surface area contributed by atoms with Crippen molar-refractivity contribution in [3.8, 4) is 5.75 Å². The van der Waals surface area contributed by atoms with E-state index < -0.39 is 9.84 Å². The van der Waals surface area contributed by atoms with Crippen molar-refractivity contribution >= 4 is 9.84 Å². The first-order valence-corrected chi connectivity index (χ1v) is 9.10. The molecular weight excluding hydrogens is 293 g/mol. The molecule has 2 atom stereocenters. The second kappa shape index (κ2) is 6.75. The van der Waals surface area contributed by atoms with Crippen LogP contribution in [0.15, 0.2) is 18.2 Å². The standard InChI is InChI=1S/C15H22FNO3S/c1-20-15-7-6-12(16)8-11(15)10-17-13-4-3-5-14(9-13)21(2,18)19/h6-8,13-14,17H,3-5,9-10H2,1-2H3. The van der Waals surface area contributed by atoms with Gasteiger partial charge >= 0.3 is 0 Å². The second-order valence-corrected chi connectivity index (χ2v) is 7.98. The van der Waals surface area contributed by atoms with Crippen molar-refractivity contribution in [1.29, 1.82) is 0 Å². The Labute approximate surface area is 125 Å². The summed E-state index contributed by atoms with van der Waals surface area (Å²) < 4.78 is 41.8. The molecule has 1 aliphatic rings. The molecule has 0 heterocycles. The number of sulfone groups is 1. The summed E-state index contributed by atoms with van der Waals surface area (Å²) in [6.45, 7) is 0.474. The van der Waals surface area contributed by atoms with Gasteiger partial charge in [-0.15, -0.1) is 0 Å². The highest BCUT2D eigenvalue weighted by Crippen LogP contribution is 2.25. The maximum Gasteiger partial charge on any atom is 0.150 e. The Bertz CT molecular complexity index is 589. The molecule has 21 heavy (non-hydrogen) atoms. The number of hydrogen-bond acceptors (Lipinski definition) is 4. The van der Waals surface area contributed by atoms with Crippen molar-refractivity contribution in [2.24, 2.45) is 0 Å². The van der Waals surface area contributed by atoms with Gasteiger partial charge in [-0.05, 0) is 37.5 Å². The van der Waals surface area contributed by atoms with Crippen LogP contribution in [-0.4, -0.2) is 33.1 Å². The minimum atomic E-state index is -2.99. The van der Waals surface area contributed by atoms with Crippen molar-refractivity contribution in [3.05, 3.63) is 29.6 Å². The van der Waals surface area contributed by atoms with Crippen molar-refractivity contribution < 1.29 is 17.5 Å². The fourth-order valence-corrected chi connectivity index (χ4v) is 4.04. The summed E-state index contributed by atoms with van der Waals surface area (Å²) in [5, 5.41) is 3.07. The molecule has 0 radical (unpaired) electrons. The zero-order valence-electron chi connectivity index (χ0n) is 12.4. The highest BCUT2D eigenvalue weighted by molar-refractivity contribution is 7.91. The van der Waals surface area contributed by atoms with Gasteiger partial charge in [-0.25, -0.2) is 12.8 Å². The first kappa shape index (κ1) is 16.2. The monoisotopic (exact) mass is 315 g/mol. The van der Waals surface area contributed by atoms with E-state index in [1.54, 1.807) is 13.2 Å². The summed E-state index contributed by atoms with van der Waals surface area (Å²) in [6, 6.07) is 4.56. The molecule has 4 nitrogen and oxygen atoms in total. The van der Waals surface area contributed by atoms with Crippen LogP contribution in [0.25, 0.3) is 0 Å². The van der Waals surface area contributed by atoms with Crippen molar-refractivity contribution in [1.82, 2.24) is 5.32 Å². The Kier molecular flexibility index (Phi) is 5.22. The molecule has 6 heteroatoms. The molecule has 2 unspecified atom stereocenters. The normalized spacial score (nSPS) is 23.0. The molecule has 1 saturated carbocycles. The molecule has 0 saturated heterocycles. The van der Waals surface area contributed by atoms with Crippen LogP contribution < -0.4 is 10.1 Å². The molecule has 0 bridgehead atoms. The van der Waals surface area contributed by atoms with E-state index >= 15 is 0 Å². The lowest BCUT2D eigenvalue weighted by molar-refractivity contribution is 0.363. The molecule has 0 aromatic heterocycles. The number of methoxy groups -OCH3 is 1. The van der Waals surface area contributed by atoms with Gasteiger partial charge < -0.3 is 10.1 Å². The van der Waals surface area contributed by atoms with E-state index in [9.17, 15) is 12.8 Å². The third-order valence-corrected chi connectivity index (χ3v) is 5.69. The minimum Gasteiger partial charge on any atom is -0.496 e. The molecule has 118 valence electrons. The van der Waals surface area contributed by atoms with E-state index in [4.69, 9.17) is 4.74 Å². The number of benzene rings is 1. The van der Waals surface area contributed by atoms with E-state index in [1.807, 2.05) is 0 Å². The Morgan fingerprint density at radius 3 is 2.81 bits per heavy atom. The maximum atomic E-state index is 13.3. The molecule has 2 rings (SSSR count). The van der Waals surface area contributed by atoms with Crippen LogP contribution in [0.5, 0.6) is 5.75 Å². The Balaban J connectivity index is 1.98. The maximum absolute atomic E-state index is 13.3. The SMILES string of the molecule is COc1ccc(F)cc1CNC1CCCC(S(C)(=O)=O)C1. The van der Waals surface area contributed by atoms with Crippen LogP contribution >= 0.6 is 0 Å². The van der Waals surface area contributed by atoms with Gasteiger partial charge in [0.25, 0.3) is 0 Å². The summed E-state index contributed by atoms with van der Waals surface area (Å²) in [7, 11) is -1.43. The summed E-state index contributed by atoms with van der Waals surface area (Å²) in [5.74, 6) is 0.338. The summed E-state index contributed by atoms with van der Waals surface area (Å²) in [5.41, 5.74) is 0.749. The van der Waals surface area contributed by atoms with Gasteiger partial charge in [0, 0.05) is 24.4 Å². The van der Waals surface area contributed by atoms with E-state index in [2.05, 4.69) is 5.32 Å². The lowest BCUT2D eigenvalue weighted by Crippen LogP contribution is -2.38. The molecule has 1 N–H and O–H groups in total. The fraction of sp³-hybridized carbons (Fsp3) is 0.600. The number of halogens is 1. The molecule has 1 aromatic carbocycles. The Morgan fingerprint density at radius 1 is 1.38 bits per heavy atom. The predicted octanol–water partition coefficient (Wildman–Crippen LogP) is 2.28.